The predicted molar refractivity (Wildman–Crippen MR) is 115 cm³/mol. The Bertz CT molecular complexity index is 991. The van der Waals surface area contributed by atoms with Gasteiger partial charge in [0.25, 0.3) is 0 Å². The molecule has 6 nitrogen and oxygen atoms in total. The minimum Gasteiger partial charge on any atom is -0.379 e. The highest BCUT2D eigenvalue weighted by atomic mass is 16.5. The van der Waals surface area contributed by atoms with Crippen molar-refractivity contribution < 1.29 is 9.53 Å². The zero-order valence-corrected chi connectivity index (χ0v) is 17.1. The molecule has 3 heterocycles. The normalized spacial score (nSPS) is 23.8. The average molecular weight is 402 g/mol. The van der Waals surface area contributed by atoms with Crippen LogP contribution >= 0.6 is 0 Å². The first-order valence-corrected chi connectivity index (χ1v) is 10.6. The molecule has 1 amide bonds. The largest absolute Gasteiger partial charge is 0.379 e. The van der Waals surface area contributed by atoms with Crippen molar-refractivity contribution in [2.45, 2.75) is 19.4 Å². The Kier molecular flexibility index (Phi) is 4.93. The van der Waals surface area contributed by atoms with Crippen molar-refractivity contribution in [1.29, 1.82) is 5.26 Å². The Morgan fingerprint density at radius 3 is 2.57 bits per heavy atom. The zero-order valence-electron chi connectivity index (χ0n) is 17.1. The van der Waals surface area contributed by atoms with Gasteiger partial charge in [-0.2, -0.15) is 5.26 Å². The maximum absolute atomic E-state index is 12.7. The van der Waals surface area contributed by atoms with Crippen molar-refractivity contribution in [1.82, 2.24) is 9.80 Å². The number of ether oxygens (including phenoxy) is 1. The summed E-state index contributed by atoms with van der Waals surface area (Å²) >= 11 is 0. The zero-order chi connectivity index (χ0) is 20.6. The first kappa shape index (κ1) is 19.1. The third kappa shape index (κ3) is 3.55. The minimum absolute atomic E-state index is 0.0490. The van der Waals surface area contributed by atoms with Gasteiger partial charge in [-0.25, -0.2) is 0 Å². The molecule has 1 N–H and O–H groups in total. The molecular formula is C24H26N4O2. The molecular weight excluding hydrogens is 376 g/mol. The summed E-state index contributed by atoms with van der Waals surface area (Å²) in [5.74, 6) is 0.0490. The summed E-state index contributed by atoms with van der Waals surface area (Å²) in [4.78, 5) is 16.9. The highest BCUT2D eigenvalue weighted by Gasteiger charge is 2.47. The van der Waals surface area contributed by atoms with Gasteiger partial charge in [-0.3, -0.25) is 9.69 Å². The van der Waals surface area contributed by atoms with E-state index in [4.69, 9.17) is 4.74 Å². The molecule has 0 radical (unpaired) electrons. The van der Waals surface area contributed by atoms with E-state index in [1.54, 1.807) is 4.90 Å². The Labute approximate surface area is 177 Å². The number of hydrogen-bond acceptors (Lipinski definition) is 5. The number of nitrogens with one attached hydrogen (secondary N) is 1. The van der Waals surface area contributed by atoms with Crippen LogP contribution in [0.25, 0.3) is 11.1 Å². The number of anilines is 1. The first-order chi connectivity index (χ1) is 14.6. The van der Waals surface area contributed by atoms with Gasteiger partial charge in [-0.1, -0.05) is 30.3 Å². The second-order valence-electron chi connectivity index (χ2n) is 8.64. The number of carbonyl (C=O) groups is 1. The minimum atomic E-state index is -0.483. The number of hydrogen-bond donors (Lipinski definition) is 1. The van der Waals surface area contributed by atoms with Gasteiger partial charge < -0.3 is 15.0 Å². The van der Waals surface area contributed by atoms with Crippen LogP contribution in [0.15, 0.2) is 42.5 Å². The maximum atomic E-state index is 12.7. The van der Waals surface area contributed by atoms with Crippen LogP contribution in [0, 0.1) is 16.9 Å². The van der Waals surface area contributed by atoms with Gasteiger partial charge >= 0.3 is 0 Å². The molecule has 0 aliphatic carbocycles. The Morgan fingerprint density at radius 2 is 1.83 bits per heavy atom. The van der Waals surface area contributed by atoms with Crippen molar-refractivity contribution in [3.8, 4) is 17.3 Å². The smallest absolute Gasteiger partial charge is 0.232 e. The fourth-order valence-corrected chi connectivity index (χ4v) is 4.85. The van der Waals surface area contributed by atoms with Crippen molar-refractivity contribution in [2.75, 3.05) is 44.7 Å². The molecule has 0 saturated carbocycles. The molecule has 30 heavy (non-hydrogen) atoms. The number of morpholine rings is 1. The van der Waals surface area contributed by atoms with Gasteiger partial charge in [0.15, 0.2) is 6.19 Å². The molecule has 2 aromatic rings. The number of rotatable bonds is 3. The predicted octanol–water partition coefficient (Wildman–Crippen LogP) is 2.85. The average Bonchev–Trinajstić information content (AvgIpc) is 3.20. The lowest BCUT2D eigenvalue weighted by atomic mass is 9.76. The lowest BCUT2D eigenvalue weighted by Gasteiger charge is -2.33. The molecule has 2 aromatic carbocycles. The number of nitrogens with zero attached hydrogens (tertiary/aromatic N) is 3. The van der Waals surface area contributed by atoms with Crippen molar-refractivity contribution >= 4 is 11.6 Å². The van der Waals surface area contributed by atoms with Crippen LogP contribution < -0.4 is 5.32 Å². The van der Waals surface area contributed by atoms with Crippen LogP contribution in [0.1, 0.15) is 17.5 Å². The molecule has 1 spiro atoms. The highest BCUT2D eigenvalue weighted by Crippen LogP contribution is 2.41. The van der Waals surface area contributed by atoms with E-state index >= 15 is 0 Å². The first-order valence-electron chi connectivity index (χ1n) is 10.6. The summed E-state index contributed by atoms with van der Waals surface area (Å²) in [7, 11) is 0. The standard InChI is InChI=1S/C24H26N4O2/c25-17-28-8-7-24(16-28)14-21-13-20(5-6-22(21)26-23(24)29)19-3-1-18(2-4-19)15-27-9-11-30-12-10-27/h1-6,13H,7-12,14-16H2,(H,26,29). The van der Waals surface area contributed by atoms with Crippen LogP contribution in [0.4, 0.5) is 5.69 Å². The van der Waals surface area contributed by atoms with Crippen LogP contribution in [0.3, 0.4) is 0 Å². The summed E-state index contributed by atoms with van der Waals surface area (Å²) in [6, 6.07) is 15.1. The summed E-state index contributed by atoms with van der Waals surface area (Å²) in [6.07, 6.45) is 3.61. The number of benzene rings is 2. The van der Waals surface area contributed by atoms with Crippen LogP contribution in [0.5, 0.6) is 0 Å². The van der Waals surface area contributed by atoms with E-state index in [9.17, 15) is 10.1 Å². The van der Waals surface area contributed by atoms with Gasteiger partial charge in [0, 0.05) is 38.4 Å². The number of carbonyl (C=O) groups excluding carboxylic acids is 1. The Hall–Kier alpha value is -2.88. The quantitative estimate of drug-likeness (QED) is 0.800. The fourth-order valence-electron chi connectivity index (χ4n) is 4.85. The van der Waals surface area contributed by atoms with E-state index in [0.717, 1.165) is 56.1 Å². The number of likely N-dealkylation sites (tertiary alicyclic amines) is 1. The number of amides is 1. The number of nitriles is 1. The lowest BCUT2D eigenvalue weighted by molar-refractivity contribution is -0.125. The SMILES string of the molecule is N#CN1CCC2(Cc3cc(-c4ccc(CN5CCOCC5)cc4)ccc3NC2=O)C1. The monoisotopic (exact) mass is 402 g/mol. The third-order valence-corrected chi connectivity index (χ3v) is 6.66. The molecule has 154 valence electrons. The second kappa shape index (κ2) is 7.75. The van der Waals surface area contributed by atoms with Crippen LogP contribution in [-0.2, 0) is 22.5 Å². The molecule has 2 saturated heterocycles. The molecule has 3 aliphatic rings. The molecule has 5 rings (SSSR count). The molecule has 1 atom stereocenters. The Morgan fingerprint density at radius 1 is 1.07 bits per heavy atom. The molecule has 3 aliphatic heterocycles. The molecule has 2 fully saturated rings. The maximum Gasteiger partial charge on any atom is 0.232 e. The topological polar surface area (TPSA) is 68.6 Å². The van der Waals surface area contributed by atoms with Gasteiger partial charge in [0.05, 0.1) is 18.6 Å². The van der Waals surface area contributed by atoms with Crippen LogP contribution in [-0.4, -0.2) is 55.1 Å². The van der Waals surface area contributed by atoms with Crippen molar-refractivity contribution in [3.05, 3.63) is 53.6 Å². The summed E-state index contributed by atoms with van der Waals surface area (Å²) in [6.45, 7) is 5.73. The van der Waals surface area contributed by atoms with Gasteiger partial charge in [-0.05, 0) is 47.2 Å². The van der Waals surface area contributed by atoms with E-state index in [1.165, 1.54) is 11.1 Å². The molecule has 0 bridgehead atoms. The van der Waals surface area contributed by atoms with E-state index in [2.05, 4.69) is 52.8 Å². The third-order valence-electron chi connectivity index (χ3n) is 6.66. The summed E-state index contributed by atoms with van der Waals surface area (Å²) in [5.41, 5.74) is 5.22. The van der Waals surface area contributed by atoms with E-state index < -0.39 is 5.41 Å². The van der Waals surface area contributed by atoms with E-state index in [1.807, 2.05) is 6.07 Å². The number of fused-ring (bicyclic) bond motifs is 1. The lowest BCUT2D eigenvalue weighted by Crippen LogP contribution is -2.43. The van der Waals surface area contributed by atoms with E-state index in [0.29, 0.717) is 19.5 Å². The van der Waals surface area contributed by atoms with Crippen molar-refractivity contribution in [2.24, 2.45) is 5.41 Å². The van der Waals surface area contributed by atoms with Crippen molar-refractivity contribution in [3.63, 3.8) is 0 Å². The van der Waals surface area contributed by atoms with Gasteiger partial charge in [0.2, 0.25) is 5.91 Å². The summed E-state index contributed by atoms with van der Waals surface area (Å²) in [5, 5.41) is 12.3. The fraction of sp³-hybridized carbons (Fsp3) is 0.417. The highest BCUT2D eigenvalue weighted by molar-refractivity contribution is 5.99. The summed E-state index contributed by atoms with van der Waals surface area (Å²) < 4.78 is 5.43. The van der Waals surface area contributed by atoms with Gasteiger partial charge in [-0.15, -0.1) is 0 Å². The van der Waals surface area contributed by atoms with Gasteiger partial charge in [0.1, 0.15) is 0 Å². The molecule has 0 aromatic heterocycles. The Balaban J connectivity index is 1.34. The second-order valence-corrected chi connectivity index (χ2v) is 8.64. The van der Waals surface area contributed by atoms with E-state index in [-0.39, 0.29) is 5.91 Å². The van der Waals surface area contributed by atoms with Crippen LogP contribution in [0.2, 0.25) is 0 Å². The molecule has 6 heteroatoms. The molecule has 1 unspecified atom stereocenters.